The molecule has 0 aliphatic heterocycles. The highest BCUT2D eigenvalue weighted by Gasteiger charge is 2.43. The number of aryl methyl sites for hydroxylation is 1. The van der Waals surface area contributed by atoms with Crippen LogP contribution in [0.2, 0.25) is 0 Å². The average molecular weight is 371 g/mol. The van der Waals surface area contributed by atoms with Gasteiger partial charge in [-0.15, -0.1) is 10.2 Å². The molecule has 2 aromatic heterocycles. The third-order valence-electron chi connectivity index (χ3n) is 5.60. The Bertz CT molecular complexity index is 1180. The molecule has 6 nitrogen and oxygen atoms in total. The normalized spacial score (nSPS) is 14.9. The number of nitrogens with one attached hydrogen (secondary N) is 3. The summed E-state index contributed by atoms with van der Waals surface area (Å²) in [7, 11) is 0. The van der Waals surface area contributed by atoms with Gasteiger partial charge in [-0.1, -0.05) is 35.9 Å². The molecule has 0 spiro atoms. The maximum atomic E-state index is 11.4. The quantitative estimate of drug-likeness (QED) is 0.498. The Labute approximate surface area is 162 Å². The van der Waals surface area contributed by atoms with Gasteiger partial charge in [-0.05, 0) is 49.6 Å². The van der Waals surface area contributed by atoms with Crippen LogP contribution in [-0.4, -0.2) is 26.7 Å². The maximum absolute atomic E-state index is 11.4. The highest BCUT2D eigenvalue weighted by atomic mass is 16.1. The van der Waals surface area contributed by atoms with Crippen LogP contribution in [0.3, 0.4) is 0 Å². The molecule has 1 fully saturated rings. The molecule has 0 atom stereocenters. The number of aromatic nitrogens is 4. The van der Waals surface area contributed by atoms with Gasteiger partial charge < -0.3 is 15.3 Å². The second-order valence-corrected chi connectivity index (χ2v) is 7.64. The molecule has 6 heteroatoms. The number of hydrogen-bond donors (Lipinski definition) is 3. The first-order valence-corrected chi connectivity index (χ1v) is 9.49. The lowest BCUT2D eigenvalue weighted by Gasteiger charge is -2.17. The molecule has 0 radical (unpaired) electrons. The fraction of sp³-hybridized carbons (Fsp3) is 0.227. The third kappa shape index (κ3) is 3.07. The van der Waals surface area contributed by atoms with Crippen molar-refractivity contribution in [2.24, 2.45) is 0 Å². The lowest BCUT2D eigenvalue weighted by Crippen LogP contribution is -2.20. The van der Waals surface area contributed by atoms with Crippen LogP contribution in [0.1, 0.15) is 24.0 Å². The topological polar surface area (TPSA) is 86.5 Å². The second kappa shape index (κ2) is 6.34. The van der Waals surface area contributed by atoms with Crippen molar-refractivity contribution in [3.05, 3.63) is 76.2 Å². The summed E-state index contributed by atoms with van der Waals surface area (Å²) >= 11 is 0. The van der Waals surface area contributed by atoms with Crippen molar-refractivity contribution in [3.8, 4) is 11.3 Å². The zero-order valence-electron chi connectivity index (χ0n) is 15.6. The highest BCUT2D eigenvalue weighted by molar-refractivity contribution is 5.80. The molecule has 1 aliphatic rings. The number of benzene rings is 2. The molecule has 2 aromatic carbocycles. The molecular weight excluding hydrogens is 350 g/mol. The van der Waals surface area contributed by atoms with Crippen LogP contribution < -0.4 is 11.0 Å². The van der Waals surface area contributed by atoms with E-state index in [-0.39, 0.29) is 11.1 Å². The van der Waals surface area contributed by atoms with E-state index in [1.165, 1.54) is 24.0 Å². The SMILES string of the molecule is Cc1ccc(C2(CNc3ccc(-c4ccc5[nH]c(=O)[nH]c5c4)nn3)CC2)cc1. The molecule has 5 rings (SSSR count). The molecule has 0 amide bonds. The summed E-state index contributed by atoms with van der Waals surface area (Å²) in [6.45, 7) is 2.98. The lowest BCUT2D eigenvalue weighted by molar-refractivity contribution is 0.728. The molecule has 1 aliphatic carbocycles. The van der Waals surface area contributed by atoms with Gasteiger partial charge in [0.1, 0.15) is 5.82 Å². The van der Waals surface area contributed by atoms with Crippen LogP contribution in [0, 0.1) is 6.92 Å². The maximum Gasteiger partial charge on any atom is 0.323 e. The molecule has 0 saturated heterocycles. The molecule has 0 bridgehead atoms. The largest absolute Gasteiger partial charge is 0.368 e. The smallest absolute Gasteiger partial charge is 0.323 e. The summed E-state index contributed by atoms with van der Waals surface area (Å²) in [5.74, 6) is 0.776. The summed E-state index contributed by atoms with van der Waals surface area (Å²) in [6.07, 6.45) is 2.40. The standard InChI is InChI=1S/C22H21N5O/c1-14-2-5-16(6-3-14)22(10-11-22)13-23-20-9-8-17(26-27-20)15-4-7-18-19(12-15)25-21(28)24-18/h2-9,12H,10-11,13H2,1H3,(H,23,27)(H2,24,25,28). The van der Waals surface area contributed by atoms with E-state index in [0.717, 1.165) is 34.7 Å². The summed E-state index contributed by atoms with van der Waals surface area (Å²) in [5, 5.41) is 12.1. The summed E-state index contributed by atoms with van der Waals surface area (Å²) in [4.78, 5) is 16.9. The lowest BCUT2D eigenvalue weighted by atomic mass is 9.95. The first-order chi connectivity index (χ1) is 13.6. The van der Waals surface area contributed by atoms with Crippen LogP contribution in [0.4, 0.5) is 5.82 Å². The summed E-state index contributed by atoms with van der Waals surface area (Å²) in [5.41, 5.74) is 5.93. The van der Waals surface area contributed by atoms with Gasteiger partial charge in [-0.25, -0.2) is 4.79 Å². The average Bonchev–Trinajstić information content (AvgIpc) is 3.41. The van der Waals surface area contributed by atoms with Crippen LogP contribution >= 0.6 is 0 Å². The number of hydrogen-bond acceptors (Lipinski definition) is 4. The van der Waals surface area contributed by atoms with Crippen molar-refractivity contribution >= 4 is 16.9 Å². The van der Waals surface area contributed by atoms with Crippen molar-refractivity contribution < 1.29 is 0 Å². The molecule has 3 N–H and O–H groups in total. The van der Waals surface area contributed by atoms with Gasteiger partial charge in [-0.3, -0.25) is 0 Å². The van der Waals surface area contributed by atoms with E-state index >= 15 is 0 Å². The van der Waals surface area contributed by atoms with Gasteiger partial charge in [-0.2, -0.15) is 0 Å². The Kier molecular flexibility index (Phi) is 3.79. The van der Waals surface area contributed by atoms with Crippen LogP contribution in [-0.2, 0) is 5.41 Å². The molecule has 28 heavy (non-hydrogen) atoms. The van der Waals surface area contributed by atoms with Crippen LogP contribution in [0.5, 0.6) is 0 Å². The molecular formula is C22H21N5O. The molecule has 4 aromatic rings. The summed E-state index contributed by atoms with van der Waals surface area (Å²) < 4.78 is 0. The van der Waals surface area contributed by atoms with Crippen molar-refractivity contribution in [2.45, 2.75) is 25.2 Å². The van der Waals surface area contributed by atoms with E-state index < -0.39 is 0 Å². The van der Waals surface area contributed by atoms with Crippen molar-refractivity contribution in [1.29, 1.82) is 0 Å². The predicted octanol–water partition coefficient (Wildman–Crippen LogP) is 3.77. The van der Waals surface area contributed by atoms with Gasteiger partial charge in [0.05, 0.1) is 16.7 Å². The molecule has 2 heterocycles. The number of anilines is 1. The zero-order chi connectivity index (χ0) is 19.1. The number of H-pyrrole nitrogens is 2. The Balaban J connectivity index is 1.31. The number of imidazole rings is 1. The van der Waals surface area contributed by atoms with Crippen LogP contribution in [0.25, 0.3) is 22.3 Å². The minimum absolute atomic E-state index is 0.208. The van der Waals surface area contributed by atoms with Crippen molar-refractivity contribution in [1.82, 2.24) is 20.2 Å². The van der Waals surface area contributed by atoms with E-state index in [2.05, 4.69) is 56.7 Å². The number of aromatic amines is 2. The van der Waals surface area contributed by atoms with Crippen molar-refractivity contribution in [2.75, 3.05) is 11.9 Å². The molecule has 140 valence electrons. The monoisotopic (exact) mass is 371 g/mol. The van der Waals surface area contributed by atoms with E-state index in [9.17, 15) is 4.79 Å². The first kappa shape index (κ1) is 16.7. The van der Waals surface area contributed by atoms with Gasteiger partial charge in [0.25, 0.3) is 0 Å². The molecule has 0 unspecified atom stereocenters. The second-order valence-electron chi connectivity index (χ2n) is 7.64. The van der Waals surface area contributed by atoms with E-state index in [4.69, 9.17) is 0 Å². The van der Waals surface area contributed by atoms with E-state index in [1.807, 2.05) is 30.3 Å². The van der Waals surface area contributed by atoms with Gasteiger partial charge in [0.2, 0.25) is 0 Å². The predicted molar refractivity (Wildman–Crippen MR) is 111 cm³/mol. The number of rotatable bonds is 5. The van der Waals surface area contributed by atoms with Gasteiger partial charge in [0.15, 0.2) is 0 Å². The Hall–Kier alpha value is -3.41. The highest BCUT2D eigenvalue weighted by Crippen LogP contribution is 2.48. The van der Waals surface area contributed by atoms with Gasteiger partial charge in [0, 0.05) is 17.5 Å². The fourth-order valence-electron chi connectivity index (χ4n) is 3.66. The summed E-state index contributed by atoms with van der Waals surface area (Å²) in [6, 6.07) is 18.4. The Morgan fingerprint density at radius 2 is 1.75 bits per heavy atom. The zero-order valence-corrected chi connectivity index (χ0v) is 15.6. The molecule has 1 saturated carbocycles. The first-order valence-electron chi connectivity index (χ1n) is 9.49. The third-order valence-corrected chi connectivity index (χ3v) is 5.60. The minimum Gasteiger partial charge on any atom is -0.368 e. The number of nitrogens with zero attached hydrogens (tertiary/aromatic N) is 2. The van der Waals surface area contributed by atoms with E-state index in [1.54, 1.807) is 0 Å². The van der Waals surface area contributed by atoms with Gasteiger partial charge >= 0.3 is 5.69 Å². The van der Waals surface area contributed by atoms with Crippen molar-refractivity contribution in [3.63, 3.8) is 0 Å². The minimum atomic E-state index is -0.208. The number of fused-ring (bicyclic) bond motifs is 1. The van der Waals surface area contributed by atoms with E-state index in [0.29, 0.717) is 0 Å². The fourth-order valence-corrected chi connectivity index (χ4v) is 3.66. The Morgan fingerprint density at radius 3 is 2.46 bits per heavy atom. The Morgan fingerprint density at radius 1 is 0.964 bits per heavy atom. The van der Waals surface area contributed by atoms with Crippen LogP contribution in [0.15, 0.2) is 59.4 Å².